The summed E-state index contributed by atoms with van der Waals surface area (Å²) < 4.78 is 3.44. The summed E-state index contributed by atoms with van der Waals surface area (Å²) in [6.07, 6.45) is 4.58. The molecule has 0 aliphatic rings. The van der Waals surface area contributed by atoms with Gasteiger partial charge in [0, 0.05) is 0 Å². The molecule has 0 saturated heterocycles. The number of hydrogen-bond acceptors (Lipinski definition) is 0. The zero-order valence-electron chi connectivity index (χ0n) is 11.3. The number of aromatic nitrogens is 1. The number of hydrogen-bond donors (Lipinski definition) is 0. The quantitative estimate of drug-likeness (QED) is 0.555. The van der Waals surface area contributed by atoms with Gasteiger partial charge < -0.3 is 0 Å². The molecule has 0 fully saturated rings. The second kappa shape index (κ2) is 5.80. The predicted octanol–water partition coefficient (Wildman–Crippen LogP) is 1.28. The van der Waals surface area contributed by atoms with Crippen LogP contribution in [0.3, 0.4) is 0 Å². The Bertz CT molecular complexity index is 296. The van der Waals surface area contributed by atoms with Gasteiger partial charge in [-0.15, -0.1) is 0 Å². The van der Waals surface area contributed by atoms with Crippen LogP contribution in [0.15, 0.2) is 24.5 Å². The molecule has 0 bridgehead atoms. The zero-order chi connectivity index (χ0) is 12.3. The van der Waals surface area contributed by atoms with Crippen LogP contribution in [0.2, 0.25) is 0 Å². The second-order valence-corrected chi connectivity index (χ2v) is 16.8. The van der Waals surface area contributed by atoms with Crippen molar-refractivity contribution in [1.29, 1.82) is 0 Å². The number of halogens is 1. The van der Waals surface area contributed by atoms with Gasteiger partial charge in [-0.2, -0.15) is 0 Å². The average molecular weight is 354 g/mol. The summed E-state index contributed by atoms with van der Waals surface area (Å²) in [7, 11) is -0.638. The molecule has 0 aliphatic heterocycles. The van der Waals surface area contributed by atoms with E-state index in [0.717, 1.165) is 14.4 Å². The third-order valence-corrected chi connectivity index (χ3v) is 19.7. The summed E-state index contributed by atoms with van der Waals surface area (Å²) in [4.78, 5) is 0. The van der Waals surface area contributed by atoms with Gasteiger partial charge in [-0.05, 0) is 0 Å². The molecule has 1 aromatic heterocycles. The molecule has 0 aromatic carbocycles. The van der Waals surface area contributed by atoms with E-state index in [4.69, 9.17) is 0 Å². The van der Waals surface area contributed by atoms with Crippen LogP contribution >= 0.6 is 7.39 Å². The Morgan fingerprint density at radius 2 is 1.31 bits per heavy atom. The van der Waals surface area contributed by atoms with Crippen LogP contribution in [-0.2, 0) is 0 Å². The molecular weight excluding hydrogens is 329 g/mol. The Morgan fingerprint density at radius 1 is 0.875 bits per heavy atom. The van der Waals surface area contributed by atoms with Gasteiger partial charge >= 0.3 is 112 Å². The molecule has 1 nitrogen and oxygen atoms in total. The summed E-state index contributed by atoms with van der Waals surface area (Å²) in [5.74, 6) is 0. The van der Waals surface area contributed by atoms with Gasteiger partial charge in [0.2, 0.25) is 0 Å². The molecule has 0 unspecified atom stereocenters. The summed E-state index contributed by atoms with van der Waals surface area (Å²) in [5.41, 5.74) is 0. The van der Waals surface area contributed by atoms with Crippen molar-refractivity contribution in [1.82, 2.24) is 3.97 Å². The summed E-state index contributed by atoms with van der Waals surface area (Å²) in [6, 6.07) is 4.35. The van der Waals surface area contributed by atoms with E-state index in [1.165, 1.54) is 0 Å². The van der Waals surface area contributed by atoms with Gasteiger partial charge in [0.15, 0.2) is 0 Å². The minimum absolute atomic E-state index is 0.226. The van der Waals surface area contributed by atoms with Crippen molar-refractivity contribution in [2.24, 2.45) is 0 Å². The molecule has 0 amide bonds. The molecule has 0 N–H and O–H groups in total. The first-order chi connectivity index (χ1) is 7.41. The number of rotatable bonds is 5. The van der Waals surface area contributed by atoms with Crippen molar-refractivity contribution < 1.29 is 19.8 Å². The molecule has 0 saturated carbocycles. The maximum absolute atomic E-state index is 2.57. The Hall–Kier alpha value is 0.360. The predicted molar refractivity (Wildman–Crippen MR) is 72.8 cm³/mol. The summed E-state index contributed by atoms with van der Waals surface area (Å²) in [5, 5.41) is 1.57. The van der Waals surface area contributed by atoms with Gasteiger partial charge in [-0.1, -0.05) is 0 Å². The Morgan fingerprint density at radius 3 is 1.62 bits per heavy atom. The first-order valence-corrected chi connectivity index (χ1v) is 11.5. The molecule has 1 rings (SSSR count). The van der Waals surface area contributed by atoms with Crippen molar-refractivity contribution in [2.45, 2.75) is 56.0 Å². The SMILES string of the molecule is CC(C)[I-]S(C(C)C)(C(C)C)n1cccc1. The van der Waals surface area contributed by atoms with Crippen LogP contribution in [0.25, 0.3) is 0 Å². The average Bonchev–Trinajstić information content (AvgIpc) is 2.65. The van der Waals surface area contributed by atoms with Gasteiger partial charge in [0.25, 0.3) is 0 Å². The Labute approximate surface area is 111 Å². The van der Waals surface area contributed by atoms with E-state index < -0.39 is 7.39 Å². The van der Waals surface area contributed by atoms with E-state index in [1.807, 2.05) is 0 Å². The molecule has 1 heterocycles. The molecule has 0 aliphatic carbocycles. The third-order valence-electron chi connectivity index (χ3n) is 2.54. The maximum atomic E-state index is 2.57. The Balaban J connectivity index is 3.17. The minimum atomic E-state index is -0.638. The normalized spacial score (nSPS) is 14.3. The molecule has 1 aromatic rings. The standard InChI is InChI=1S/C13H25INS/c1-11(2)14-16(12(3)4,13(5)6)15-9-7-8-10-15/h7-13H,1-6H3/q-1. The molecule has 3 heteroatoms. The van der Waals surface area contributed by atoms with Crippen molar-refractivity contribution >= 4 is 7.39 Å². The number of nitrogens with zero attached hydrogens (tertiary/aromatic N) is 1. The second-order valence-electron chi connectivity index (χ2n) is 4.84. The van der Waals surface area contributed by atoms with Crippen LogP contribution in [0.4, 0.5) is 0 Å². The van der Waals surface area contributed by atoms with Gasteiger partial charge in [0.05, 0.1) is 0 Å². The Kier molecular flexibility index (Phi) is 5.23. The van der Waals surface area contributed by atoms with Gasteiger partial charge in [-0.25, -0.2) is 0 Å². The van der Waals surface area contributed by atoms with E-state index >= 15 is 0 Å². The van der Waals surface area contributed by atoms with Gasteiger partial charge in [0.1, 0.15) is 0 Å². The summed E-state index contributed by atoms with van der Waals surface area (Å²) >= 11 is 0.226. The monoisotopic (exact) mass is 354 g/mol. The fourth-order valence-corrected chi connectivity index (χ4v) is 15.7. The van der Waals surface area contributed by atoms with Crippen LogP contribution in [0.5, 0.6) is 0 Å². The van der Waals surface area contributed by atoms with E-state index in [-0.39, 0.29) is 19.8 Å². The molecule has 0 radical (unpaired) electrons. The fourth-order valence-electron chi connectivity index (χ4n) is 2.07. The molecule has 96 valence electrons. The van der Waals surface area contributed by atoms with E-state index in [0.29, 0.717) is 0 Å². The fraction of sp³-hybridized carbons (Fsp3) is 0.692. The summed E-state index contributed by atoms with van der Waals surface area (Å²) in [6.45, 7) is 14.4. The topological polar surface area (TPSA) is 4.93 Å². The van der Waals surface area contributed by atoms with E-state index in [9.17, 15) is 0 Å². The van der Waals surface area contributed by atoms with Crippen LogP contribution in [-0.4, -0.2) is 18.4 Å². The van der Waals surface area contributed by atoms with Crippen LogP contribution in [0, 0.1) is 0 Å². The first-order valence-electron chi connectivity index (χ1n) is 6.01. The van der Waals surface area contributed by atoms with Crippen molar-refractivity contribution in [2.75, 3.05) is 0 Å². The van der Waals surface area contributed by atoms with Crippen LogP contribution in [0.1, 0.15) is 41.5 Å². The third kappa shape index (κ3) is 2.78. The van der Waals surface area contributed by atoms with E-state index in [1.54, 1.807) is 0 Å². The van der Waals surface area contributed by atoms with E-state index in [2.05, 4.69) is 70.0 Å². The first kappa shape index (κ1) is 14.4. The zero-order valence-corrected chi connectivity index (χ0v) is 14.2. The van der Waals surface area contributed by atoms with Crippen molar-refractivity contribution in [3.8, 4) is 0 Å². The molecule has 0 spiro atoms. The molecule has 0 atom stereocenters. The van der Waals surface area contributed by atoms with Gasteiger partial charge in [-0.3, -0.25) is 0 Å². The molecular formula is C13H25INS-. The molecule has 16 heavy (non-hydrogen) atoms. The van der Waals surface area contributed by atoms with Crippen molar-refractivity contribution in [3.63, 3.8) is 0 Å². The van der Waals surface area contributed by atoms with Crippen molar-refractivity contribution in [3.05, 3.63) is 24.5 Å². The number of alkyl halides is 1. The van der Waals surface area contributed by atoms with Crippen LogP contribution < -0.4 is 19.8 Å².